The Hall–Kier alpha value is -1.18. The Kier molecular flexibility index (Phi) is 3.19. The van der Waals surface area contributed by atoms with Gasteiger partial charge in [0.05, 0.1) is 30.5 Å². The molecule has 1 aliphatic rings. The van der Waals surface area contributed by atoms with Gasteiger partial charge in [-0.05, 0) is 28.4 Å². The third-order valence-electron chi connectivity index (χ3n) is 2.96. The summed E-state index contributed by atoms with van der Waals surface area (Å²) in [6.07, 6.45) is 3.83. The van der Waals surface area contributed by atoms with Gasteiger partial charge in [-0.3, -0.25) is 0 Å². The molecule has 0 aliphatic carbocycles. The zero-order chi connectivity index (χ0) is 12.5. The molecule has 1 aliphatic heterocycles. The Morgan fingerprint density at radius 1 is 1.56 bits per heavy atom. The summed E-state index contributed by atoms with van der Waals surface area (Å²) < 4.78 is 7.88. The van der Waals surface area contributed by atoms with Gasteiger partial charge < -0.3 is 15.2 Å². The summed E-state index contributed by atoms with van der Waals surface area (Å²) in [5.74, 6) is 0.511. The van der Waals surface area contributed by atoms with Crippen LogP contribution in [0.2, 0.25) is 0 Å². The van der Waals surface area contributed by atoms with Crippen molar-refractivity contribution in [3.8, 4) is 0 Å². The highest BCUT2D eigenvalue weighted by atomic mass is 79.9. The summed E-state index contributed by atoms with van der Waals surface area (Å²) in [7, 11) is 0. The smallest absolute Gasteiger partial charge is 0.241 e. The number of aromatic nitrogens is 3. The molecule has 0 bridgehead atoms. The third-order valence-corrected chi connectivity index (χ3v) is 3.39. The van der Waals surface area contributed by atoms with Crippen LogP contribution in [0.3, 0.4) is 0 Å². The van der Waals surface area contributed by atoms with Gasteiger partial charge in [0.1, 0.15) is 0 Å². The van der Waals surface area contributed by atoms with Crippen LogP contribution in [-0.4, -0.2) is 45.1 Å². The number of ether oxygens (including phenoxy) is 1. The number of aliphatic hydroxyl groups is 1. The van der Waals surface area contributed by atoms with E-state index in [1.54, 1.807) is 10.7 Å². The second-order valence-electron chi connectivity index (χ2n) is 4.29. The molecule has 0 unspecified atom stereocenters. The van der Waals surface area contributed by atoms with Crippen LogP contribution in [0.15, 0.2) is 22.9 Å². The van der Waals surface area contributed by atoms with Gasteiger partial charge in [0.25, 0.3) is 0 Å². The number of hydrogen-bond donors (Lipinski definition) is 2. The first-order chi connectivity index (χ1) is 8.72. The van der Waals surface area contributed by atoms with E-state index >= 15 is 0 Å². The van der Waals surface area contributed by atoms with E-state index in [4.69, 9.17) is 4.74 Å². The largest absolute Gasteiger partial charge is 0.389 e. The molecular weight excluding hydrogens is 300 g/mol. The fraction of sp³-hybridized carbons (Fsp3) is 0.455. The standard InChI is InChI=1S/C11H13BrN4O2/c12-7-3-8-4-13-11(15-16(8)5-7)14-9-1-2-18-6-10(9)17/h3-5,9-10,17H,1-2,6H2,(H,14,15)/t9-,10-/m1/s1. The predicted molar refractivity (Wildman–Crippen MR) is 69.5 cm³/mol. The van der Waals surface area contributed by atoms with Crippen LogP contribution < -0.4 is 5.32 Å². The minimum absolute atomic E-state index is 0.0600. The average molecular weight is 313 g/mol. The molecule has 0 aromatic carbocycles. The SMILES string of the molecule is O[C@@H]1COCC[C@H]1Nc1ncc2cc(Br)cn2n1. The average Bonchev–Trinajstić information content (AvgIpc) is 2.71. The van der Waals surface area contributed by atoms with Crippen molar-refractivity contribution >= 4 is 27.4 Å². The molecular formula is C11H13BrN4O2. The molecule has 96 valence electrons. The molecule has 0 spiro atoms. The van der Waals surface area contributed by atoms with Gasteiger partial charge >= 0.3 is 0 Å². The van der Waals surface area contributed by atoms with Crippen LogP contribution in [0.4, 0.5) is 5.95 Å². The van der Waals surface area contributed by atoms with Crippen molar-refractivity contribution in [3.05, 3.63) is 22.9 Å². The monoisotopic (exact) mass is 312 g/mol. The Bertz CT molecular complexity index is 559. The second-order valence-corrected chi connectivity index (χ2v) is 5.21. The zero-order valence-electron chi connectivity index (χ0n) is 9.58. The van der Waals surface area contributed by atoms with Crippen molar-refractivity contribution < 1.29 is 9.84 Å². The lowest BCUT2D eigenvalue weighted by molar-refractivity contribution is -0.0136. The molecule has 6 nitrogen and oxygen atoms in total. The van der Waals surface area contributed by atoms with Gasteiger partial charge in [0.15, 0.2) is 0 Å². The van der Waals surface area contributed by atoms with E-state index in [-0.39, 0.29) is 6.04 Å². The quantitative estimate of drug-likeness (QED) is 0.867. The molecule has 2 aromatic rings. The molecule has 3 heterocycles. The maximum Gasteiger partial charge on any atom is 0.241 e. The van der Waals surface area contributed by atoms with Gasteiger partial charge in [-0.2, -0.15) is 0 Å². The maximum atomic E-state index is 9.79. The van der Waals surface area contributed by atoms with Crippen LogP contribution in [-0.2, 0) is 4.74 Å². The van der Waals surface area contributed by atoms with Crippen LogP contribution in [0, 0.1) is 0 Å². The predicted octanol–water partition coefficient (Wildman–Crippen LogP) is 1.05. The van der Waals surface area contributed by atoms with E-state index in [0.717, 1.165) is 16.4 Å². The van der Waals surface area contributed by atoms with Crippen molar-refractivity contribution in [2.75, 3.05) is 18.5 Å². The molecule has 18 heavy (non-hydrogen) atoms. The number of hydrogen-bond acceptors (Lipinski definition) is 5. The molecule has 1 saturated heterocycles. The van der Waals surface area contributed by atoms with Gasteiger partial charge in [-0.1, -0.05) is 0 Å². The normalized spacial score (nSPS) is 24.3. The van der Waals surface area contributed by atoms with Crippen molar-refractivity contribution in [3.63, 3.8) is 0 Å². The first-order valence-corrected chi connectivity index (χ1v) is 6.55. The summed E-state index contributed by atoms with van der Waals surface area (Å²) in [4.78, 5) is 4.23. The number of halogens is 1. The molecule has 2 atom stereocenters. The highest BCUT2D eigenvalue weighted by Gasteiger charge is 2.24. The summed E-state index contributed by atoms with van der Waals surface area (Å²) in [5.41, 5.74) is 0.917. The summed E-state index contributed by atoms with van der Waals surface area (Å²) >= 11 is 3.39. The lowest BCUT2D eigenvalue weighted by Gasteiger charge is -2.28. The van der Waals surface area contributed by atoms with Crippen LogP contribution in [0.1, 0.15) is 6.42 Å². The van der Waals surface area contributed by atoms with Crippen molar-refractivity contribution in [2.24, 2.45) is 0 Å². The number of aliphatic hydroxyl groups excluding tert-OH is 1. The topological polar surface area (TPSA) is 71.7 Å². The lowest BCUT2D eigenvalue weighted by atomic mass is 10.1. The minimum atomic E-state index is -0.519. The Morgan fingerprint density at radius 2 is 2.44 bits per heavy atom. The molecule has 0 radical (unpaired) electrons. The van der Waals surface area contributed by atoms with E-state index < -0.39 is 6.10 Å². The van der Waals surface area contributed by atoms with E-state index in [2.05, 4.69) is 31.3 Å². The van der Waals surface area contributed by atoms with Crippen LogP contribution in [0.5, 0.6) is 0 Å². The number of nitrogens with zero attached hydrogens (tertiary/aromatic N) is 3. The molecule has 1 fully saturated rings. The van der Waals surface area contributed by atoms with E-state index in [1.807, 2.05) is 12.3 Å². The van der Waals surface area contributed by atoms with Crippen LogP contribution >= 0.6 is 15.9 Å². The highest BCUT2D eigenvalue weighted by molar-refractivity contribution is 9.10. The van der Waals surface area contributed by atoms with Crippen molar-refractivity contribution in [1.29, 1.82) is 0 Å². The van der Waals surface area contributed by atoms with Gasteiger partial charge in [0, 0.05) is 17.3 Å². The van der Waals surface area contributed by atoms with Gasteiger partial charge in [-0.25, -0.2) is 9.50 Å². The maximum absolute atomic E-state index is 9.79. The third kappa shape index (κ3) is 2.33. The summed E-state index contributed by atoms with van der Waals surface area (Å²) in [6.45, 7) is 1.00. The van der Waals surface area contributed by atoms with E-state index in [1.165, 1.54) is 0 Å². The van der Waals surface area contributed by atoms with Crippen molar-refractivity contribution in [1.82, 2.24) is 14.6 Å². The second kappa shape index (κ2) is 4.83. The number of anilines is 1. The summed E-state index contributed by atoms with van der Waals surface area (Å²) in [5, 5.41) is 17.3. The fourth-order valence-corrected chi connectivity index (χ4v) is 2.43. The van der Waals surface area contributed by atoms with Crippen LogP contribution in [0.25, 0.3) is 5.52 Å². The highest BCUT2D eigenvalue weighted by Crippen LogP contribution is 2.16. The number of nitrogens with one attached hydrogen (secondary N) is 1. The Balaban J connectivity index is 1.81. The zero-order valence-corrected chi connectivity index (χ0v) is 11.2. The first kappa shape index (κ1) is 11.9. The fourth-order valence-electron chi connectivity index (χ4n) is 2.00. The molecule has 0 saturated carbocycles. The number of fused-ring (bicyclic) bond motifs is 1. The van der Waals surface area contributed by atoms with E-state index in [9.17, 15) is 5.11 Å². The summed E-state index contributed by atoms with van der Waals surface area (Å²) in [6, 6.07) is 1.88. The Labute approximate surface area is 112 Å². The minimum Gasteiger partial charge on any atom is -0.389 e. The lowest BCUT2D eigenvalue weighted by Crippen LogP contribution is -2.42. The molecule has 3 rings (SSSR count). The van der Waals surface area contributed by atoms with Gasteiger partial charge in [0.2, 0.25) is 5.95 Å². The molecule has 0 amide bonds. The molecule has 7 heteroatoms. The Morgan fingerprint density at radius 3 is 3.28 bits per heavy atom. The number of rotatable bonds is 2. The van der Waals surface area contributed by atoms with Gasteiger partial charge in [-0.15, -0.1) is 5.10 Å². The van der Waals surface area contributed by atoms with E-state index in [0.29, 0.717) is 19.2 Å². The van der Waals surface area contributed by atoms with Crippen molar-refractivity contribution in [2.45, 2.75) is 18.6 Å². The first-order valence-electron chi connectivity index (χ1n) is 5.75. The molecule has 2 N–H and O–H groups in total. The molecule has 2 aromatic heterocycles.